The number of nitrogens with zero attached hydrogens (tertiary/aromatic N) is 2. The summed E-state index contributed by atoms with van der Waals surface area (Å²) in [6, 6.07) is 15.9. The number of hydrogen-bond acceptors (Lipinski definition) is 7. The summed E-state index contributed by atoms with van der Waals surface area (Å²) in [5.74, 6) is 0.0291. The third-order valence-corrected chi connectivity index (χ3v) is 3.84. The van der Waals surface area contributed by atoms with Crippen LogP contribution in [-0.2, 0) is 9.53 Å². The number of esters is 1. The zero-order valence-electron chi connectivity index (χ0n) is 15.4. The Morgan fingerprint density at radius 3 is 2.64 bits per heavy atom. The molecule has 0 saturated heterocycles. The predicted octanol–water partition coefficient (Wildman–Crippen LogP) is 2.78. The second kappa shape index (κ2) is 8.81. The van der Waals surface area contributed by atoms with Gasteiger partial charge in [0.1, 0.15) is 12.3 Å². The molecule has 1 N–H and O–H groups in total. The highest BCUT2D eigenvalue weighted by molar-refractivity contribution is 5.96. The molecule has 0 fully saturated rings. The number of hydrogen-bond donors (Lipinski definition) is 1. The minimum atomic E-state index is -0.744. The molecule has 1 amide bonds. The molecule has 0 spiro atoms. The predicted molar refractivity (Wildman–Crippen MR) is 99.6 cm³/mol. The summed E-state index contributed by atoms with van der Waals surface area (Å²) >= 11 is 0. The first-order valence-corrected chi connectivity index (χ1v) is 8.57. The topological polar surface area (TPSA) is 104 Å². The van der Waals surface area contributed by atoms with Gasteiger partial charge in [0.2, 0.25) is 5.89 Å². The molecule has 8 nitrogen and oxygen atoms in total. The number of rotatable bonds is 7. The lowest BCUT2D eigenvalue weighted by Crippen LogP contribution is -2.31. The van der Waals surface area contributed by atoms with Crippen molar-refractivity contribution < 1.29 is 23.5 Å². The van der Waals surface area contributed by atoms with Crippen LogP contribution in [0.1, 0.15) is 29.3 Å². The number of ether oxygens (including phenoxy) is 2. The molecule has 2 aromatic carbocycles. The van der Waals surface area contributed by atoms with Crippen molar-refractivity contribution in [1.82, 2.24) is 15.5 Å². The molecule has 0 bridgehead atoms. The van der Waals surface area contributed by atoms with E-state index in [1.165, 1.54) is 7.11 Å². The molecular weight excluding hydrogens is 362 g/mol. The summed E-state index contributed by atoms with van der Waals surface area (Å²) < 4.78 is 15.9. The van der Waals surface area contributed by atoms with Crippen LogP contribution in [0.4, 0.5) is 0 Å². The molecule has 3 aromatic rings. The maximum Gasteiger partial charge on any atom is 0.326 e. The van der Waals surface area contributed by atoms with Crippen molar-refractivity contribution in [2.24, 2.45) is 0 Å². The minimum absolute atomic E-state index is 0.173. The van der Waals surface area contributed by atoms with Gasteiger partial charge in [-0.25, -0.2) is 0 Å². The second-order valence-corrected chi connectivity index (χ2v) is 5.86. The largest absolute Gasteiger partial charge is 0.497 e. The fourth-order valence-electron chi connectivity index (χ4n) is 2.40. The monoisotopic (exact) mass is 381 g/mol. The molecule has 28 heavy (non-hydrogen) atoms. The van der Waals surface area contributed by atoms with Crippen LogP contribution in [0, 0.1) is 0 Å². The van der Waals surface area contributed by atoms with E-state index in [2.05, 4.69) is 15.5 Å². The van der Waals surface area contributed by atoms with E-state index < -0.39 is 18.0 Å². The number of amides is 1. The minimum Gasteiger partial charge on any atom is -0.497 e. The van der Waals surface area contributed by atoms with Gasteiger partial charge < -0.3 is 19.2 Å². The van der Waals surface area contributed by atoms with Crippen molar-refractivity contribution in [2.45, 2.75) is 13.0 Å². The average Bonchev–Trinajstić information content (AvgIpc) is 3.23. The van der Waals surface area contributed by atoms with Gasteiger partial charge in [0.15, 0.2) is 6.10 Å². The molecule has 0 unspecified atom stereocenters. The maximum absolute atomic E-state index is 12.1. The molecule has 0 radical (unpaired) electrons. The highest BCUT2D eigenvalue weighted by atomic mass is 16.6. The van der Waals surface area contributed by atoms with Crippen LogP contribution < -0.4 is 10.1 Å². The molecule has 0 saturated carbocycles. The fourth-order valence-corrected chi connectivity index (χ4v) is 2.40. The number of methoxy groups -OCH3 is 1. The summed E-state index contributed by atoms with van der Waals surface area (Å²) in [5.41, 5.74) is 1.15. The lowest BCUT2D eigenvalue weighted by atomic mass is 10.2. The summed E-state index contributed by atoms with van der Waals surface area (Å²) in [6.45, 7) is 1.32. The quantitative estimate of drug-likeness (QED) is 0.628. The van der Waals surface area contributed by atoms with E-state index in [1.54, 1.807) is 31.2 Å². The number of carbonyl (C=O) groups is 2. The Bertz CT molecular complexity index is 955. The van der Waals surface area contributed by atoms with Crippen molar-refractivity contribution in [3.8, 4) is 17.2 Å². The lowest BCUT2D eigenvalue weighted by Gasteiger charge is -2.10. The zero-order chi connectivity index (χ0) is 19.9. The summed E-state index contributed by atoms with van der Waals surface area (Å²) in [5, 5.41) is 10.4. The second-order valence-electron chi connectivity index (χ2n) is 5.86. The summed E-state index contributed by atoms with van der Waals surface area (Å²) in [4.78, 5) is 24.1. The molecule has 0 aliphatic rings. The van der Waals surface area contributed by atoms with Crippen LogP contribution in [0.25, 0.3) is 11.5 Å². The first-order valence-electron chi connectivity index (χ1n) is 8.57. The van der Waals surface area contributed by atoms with Crippen LogP contribution in [0.3, 0.4) is 0 Å². The molecule has 0 aliphatic heterocycles. The molecule has 144 valence electrons. The van der Waals surface area contributed by atoms with Crippen LogP contribution in [-0.4, -0.2) is 35.7 Å². The number of aromatic nitrogens is 2. The van der Waals surface area contributed by atoms with Gasteiger partial charge >= 0.3 is 5.97 Å². The highest BCUT2D eigenvalue weighted by Crippen LogP contribution is 2.22. The Hall–Kier alpha value is -3.68. The van der Waals surface area contributed by atoms with E-state index in [4.69, 9.17) is 13.9 Å². The van der Waals surface area contributed by atoms with E-state index in [1.807, 2.05) is 30.3 Å². The van der Waals surface area contributed by atoms with Crippen molar-refractivity contribution in [3.63, 3.8) is 0 Å². The molecule has 1 aromatic heterocycles. The van der Waals surface area contributed by atoms with E-state index >= 15 is 0 Å². The SMILES string of the molecule is COc1cccc(C(=O)NCC(=O)O[C@H](C)c2nnc(-c3ccccc3)o2)c1. The third kappa shape index (κ3) is 4.73. The number of carbonyl (C=O) groups excluding carboxylic acids is 2. The van der Waals surface area contributed by atoms with Crippen LogP contribution in [0.5, 0.6) is 5.75 Å². The first kappa shape index (κ1) is 19.1. The van der Waals surface area contributed by atoms with Gasteiger partial charge in [0, 0.05) is 11.1 Å². The Kier molecular flexibility index (Phi) is 6.01. The van der Waals surface area contributed by atoms with Gasteiger partial charge in [0.25, 0.3) is 11.8 Å². The van der Waals surface area contributed by atoms with E-state index in [9.17, 15) is 9.59 Å². The fraction of sp³-hybridized carbons (Fsp3) is 0.200. The van der Waals surface area contributed by atoms with Gasteiger partial charge in [-0.15, -0.1) is 10.2 Å². The van der Waals surface area contributed by atoms with Crippen molar-refractivity contribution in [3.05, 3.63) is 66.1 Å². The Morgan fingerprint density at radius 2 is 1.89 bits per heavy atom. The Morgan fingerprint density at radius 1 is 1.11 bits per heavy atom. The van der Waals surface area contributed by atoms with Gasteiger partial charge in [-0.3, -0.25) is 9.59 Å². The maximum atomic E-state index is 12.1. The van der Waals surface area contributed by atoms with Gasteiger partial charge in [-0.05, 0) is 37.3 Å². The average molecular weight is 381 g/mol. The normalized spacial score (nSPS) is 11.5. The van der Waals surface area contributed by atoms with Crippen molar-refractivity contribution in [1.29, 1.82) is 0 Å². The van der Waals surface area contributed by atoms with Crippen LogP contribution in [0.15, 0.2) is 59.0 Å². The molecule has 3 rings (SSSR count). The Balaban J connectivity index is 1.53. The highest BCUT2D eigenvalue weighted by Gasteiger charge is 2.19. The standard InChI is InChI=1S/C20H19N3O5/c1-13(19-22-23-20(28-19)14-7-4-3-5-8-14)27-17(24)12-21-18(25)15-9-6-10-16(11-15)26-2/h3-11,13H,12H2,1-2H3,(H,21,25)/t13-/m1/s1. The van der Waals surface area contributed by atoms with Crippen LogP contribution >= 0.6 is 0 Å². The van der Waals surface area contributed by atoms with Crippen molar-refractivity contribution >= 4 is 11.9 Å². The van der Waals surface area contributed by atoms with Crippen molar-refractivity contribution in [2.75, 3.05) is 13.7 Å². The first-order chi connectivity index (χ1) is 13.6. The lowest BCUT2D eigenvalue weighted by molar-refractivity contribution is -0.148. The van der Waals surface area contributed by atoms with Gasteiger partial charge in [-0.2, -0.15) is 0 Å². The molecule has 1 heterocycles. The molecule has 0 aliphatic carbocycles. The summed E-state index contributed by atoms with van der Waals surface area (Å²) in [7, 11) is 1.51. The molecular formula is C20H19N3O5. The Labute approximate surface area is 161 Å². The zero-order valence-corrected chi connectivity index (χ0v) is 15.4. The van der Waals surface area contributed by atoms with E-state index in [0.29, 0.717) is 17.2 Å². The smallest absolute Gasteiger partial charge is 0.326 e. The summed E-state index contributed by atoms with van der Waals surface area (Å²) in [6.07, 6.45) is -0.744. The van der Waals surface area contributed by atoms with E-state index in [0.717, 1.165) is 5.56 Å². The number of nitrogens with one attached hydrogen (secondary N) is 1. The van der Waals surface area contributed by atoms with Gasteiger partial charge in [0.05, 0.1) is 7.11 Å². The molecule has 8 heteroatoms. The molecule has 1 atom stereocenters. The number of benzene rings is 2. The third-order valence-electron chi connectivity index (χ3n) is 3.84. The van der Waals surface area contributed by atoms with Crippen LogP contribution in [0.2, 0.25) is 0 Å². The van der Waals surface area contributed by atoms with E-state index in [-0.39, 0.29) is 12.4 Å². The van der Waals surface area contributed by atoms with Gasteiger partial charge in [-0.1, -0.05) is 24.3 Å².